The van der Waals surface area contributed by atoms with Gasteiger partial charge >= 0.3 is 0 Å². The molecule has 2 aliphatic rings. The first kappa shape index (κ1) is 26.2. The van der Waals surface area contributed by atoms with E-state index >= 15 is 0 Å². The van der Waals surface area contributed by atoms with Gasteiger partial charge in [0.25, 0.3) is 18.2 Å². The number of anilines is 1. The highest BCUT2D eigenvalue weighted by Gasteiger charge is 2.52. The molecule has 1 aromatic carbocycles. The highest BCUT2D eigenvalue weighted by Crippen LogP contribution is 2.44. The first-order valence-corrected chi connectivity index (χ1v) is 12.9. The SMILES string of the molecule is Cc1ccc(C2(O)C(=O)N(CC3CCC(NC(=O)c4cc(Cl)cnc4C(F)F)CC3)c3ccccc32)nc1. The smallest absolute Gasteiger partial charge is 0.281 e. The Labute approximate surface area is 223 Å². The molecule has 0 bridgehead atoms. The van der Waals surface area contributed by atoms with Crippen LogP contribution in [0.1, 0.15) is 65.0 Å². The van der Waals surface area contributed by atoms with Gasteiger partial charge in [-0.25, -0.2) is 8.78 Å². The number of pyridine rings is 2. The summed E-state index contributed by atoms with van der Waals surface area (Å²) in [7, 11) is 0. The van der Waals surface area contributed by atoms with Crippen molar-refractivity contribution < 1.29 is 23.5 Å². The Balaban J connectivity index is 1.26. The molecule has 1 fully saturated rings. The van der Waals surface area contributed by atoms with Crippen LogP contribution in [0.25, 0.3) is 0 Å². The molecule has 2 N–H and O–H groups in total. The van der Waals surface area contributed by atoms with Crippen LogP contribution in [0.2, 0.25) is 5.02 Å². The summed E-state index contributed by atoms with van der Waals surface area (Å²) < 4.78 is 26.6. The number of alkyl halides is 2. The van der Waals surface area contributed by atoms with Crippen molar-refractivity contribution in [3.63, 3.8) is 0 Å². The normalized spacial score (nSPS) is 23.0. The number of halogens is 3. The molecule has 1 saturated carbocycles. The Morgan fingerprint density at radius 1 is 1.16 bits per heavy atom. The second-order valence-electron chi connectivity index (χ2n) is 9.94. The number of aryl methyl sites for hydroxylation is 1. The third-order valence-electron chi connectivity index (χ3n) is 7.38. The molecule has 1 atom stereocenters. The van der Waals surface area contributed by atoms with Crippen molar-refractivity contribution in [3.05, 3.63) is 88.0 Å². The number of hydrogen-bond donors (Lipinski definition) is 2. The Morgan fingerprint density at radius 3 is 2.58 bits per heavy atom. The highest BCUT2D eigenvalue weighted by atomic mass is 35.5. The number of para-hydroxylation sites is 1. The van der Waals surface area contributed by atoms with Gasteiger partial charge in [-0.1, -0.05) is 35.9 Å². The number of benzene rings is 1. The summed E-state index contributed by atoms with van der Waals surface area (Å²) in [5, 5.41) is 14.6. The van der Waals surface area contributed by atoms with E-state index in [0.717, 1.165) is 11.8 Å². The molecule has 0 saturated heterocycles. The standard InChI is InChI=1S/C28H27ClF2N4O3/c1-16-6-11-23(32-13-16)28(38)21-4-2-3-5-22(21)35(27(28)37)15-17-7-9-19(10-8-17)34-26(36)20-12-18(29)14-33-24(20)25(30)31/h2-6,11-14,17,19,25,38H,7-10,15H2,1H3,(H,34,36). The van der Waals surface area contributed by atoms with Crippen LogP contribution in [0.15, 0.2) is 54.9 Å². The van der Waals surface area contributed by atoms with Gasteiger partial charge < -0.3 is 15.3 Å². The Kier molecular flexibility index (Phi) is 7.15. The molecule has 0 spiro atoms. The largest absolute Gasteiger partial charge is 0.370 e. The number of hydrogen-bond acceptors (Lipinski definition) is 5. The summed E-state index contributed by atoms with van der Waals surface area (Å²) >= 11 is 5.88. The second-order valence-corrected chi connectivity index (χ2v) is 10.4. The maximum Gasteiger partial charge on any atom is 0.281 e. The molecule has 1 aliphatic heterocycles. The number of aliphatic hydroxyl groups is 1. The van der Waals surface area contributed by atoms with E-state index in [1.165, 1.54) is 6.07 Å². The Morgan fingerprint density at radius 2 is 1.89 bits per heavy atom. The molecule has 0 radical (unpaired) electrons. The second kappa shape index (κ2) is 10.4. The van der Waals surface area contributed by atoms with E-state index in [9.17, 15) is 23.5 Å². The van der Waals surface area contributed by atoms with E-state index in [-0.39, 0.29) is 28.2 Å². The summed E-state index contributed by atoms with van der Waals surface area (Å²) in [5.74, 6) is -0.922. The number of amides is 2. The summed E-state index contributed by atoms with van der Waals surface area (Å²) in [6, 6.07) is 11.7. The molecule has 2 aromatic heterocycles. The first-order chi connectivity index (χ1) is 18.2. The molecule has 1 aliphatic carbocycles. The zero-order valence-electron chi connectivity index (χ0n) is 20.7. The third kappa shape index (κ3) is 4.76. The molecule has 7 nitrogen and oxygen atoms in total. The highest BCUT2D eigenvalue weighted by molar-refractivity contribution is 6.30. The van der Waals surface area contributed by atoms with E-state index in [0.29, 0.717) is 43.5 Å². The van der Waals surface area contributed by atoms with Crippen LogP contribution in [0.3, 0.4) is 0 Å². The fraction of sp³-hybridized carbons (Fsp3) is 0.357. The van der Waals surface area contributed by atoms with Crippen molar-refractivity contribution in [2.24, 2.45) is 5.92 Å². The molecule has 10 heteroatoms. The minimum atomic E-state index is -2.89. The quantitative estimate of drug-likeness (QED) is 0.461. The van der Waals surface area contributed by atoms with Crippen LogP contribution in [-0.4, -0.2) is 39.5 Å². The summed E-state index contributed by atoms with van der Waals surface area (Å²) in [5.41, 5.74) is -0.302. The molecule has 5 rings (SSSR count). The van der Waals surface area contributed by atoms with Gasteiger partial charge in [0.2, 0.25) is 5.60 Å². The molecular formula is C28H27ClF2N4O3. The monoisotopic (exact) mass is 540 g/mol. The lowest BCUT2D eigenvalue weighted by Gasteiger charge is -2.32. The van der Waals surface area contributed by atoms with Gasteiger partial charge in [-0.15, -0.1) is 0 Å². The predicted molar refractivity (Wildman–Crippen MR) is 138 cm³/mol. The van der Waals surface area contributed by atoms with E-state index in [1.807, 2.05) is 25.1 Å². The lowest BCUT2D eigenvalue weighted by Crippen LogP contribution is -2.45. The van der Waals surface area contributed by atoms with Crippen LogP contribution >= 0.6 is 11.6 Å². The first-order valence-electron chi connectivity index (χ1n) is 12.5. The zero-order valence-corrected chi connectivity index (χ0v) is 21.5. The van der Waals surface area contributed by atoms with Crippen molar-refractivity contribution in [2.45, 2.75) is 50.7 Å². The van der Waals surface area contributed by atoms with E-state index in [1.54, 1.807) is 29.3 Å². The van der Waals surface area contributed by atoms with Crippen molar-refractivity contribution >= 4 is 29.1 Å². The van der Waals surface area contributed by atoms with Gasteiger partial charge in [0, 0.05) is 30.5 Å². The number of fused-ring (bicyclic) bond motifs is 1. The van der Waals surface area contributed by atoms with Gasteiger partial charge in [0.1, 0.15) is 5.69 Å². The lowest BCUT2D eigenvalue weighted by molar-refractivity contribution is -0.132. The van der Waals surface area contributed by atoms with E-state index < -0.39 is 29.5 Å². The average Bonchev–Trinajstić information content (AvgIpc) is 3.12. The maximum absolute atomic E-state index is 13.6. The number of aromatic nitrogens is 2. The summed E-state index contributed by atoms with van der Waals surface area (Å²) in [6.07, 6.45) is 2.52. The Bertz CT molecular complexity index is 1360. The molecule has 3 aromatic rings. The number of nitrogens with one attached hydrogen (secondary N) is 1. The molecule has 198 valence electrons. The van der Waals surface area contributed by atoms with E-state index in [2.05, 4.69) is 15.3 Å². The van der Waals surface area contributed by atoms with Crippen molar-refractivity contribution in [3.8, 4) is 0 Å². The number of nitrogens with zero attached hydrogens (tertiary/aromatic N) is 3. The molecule has 3 heterocycles. The summed E-state index contributed by atoms with van der Waals surface area (Å²) in [6.45, 7) is 2.30. The Hall–Kier alpha value is -3.43. The van der Waals surface area contributed by atoms with Gasteiger partial charge in [-0.2, -0.15) is 0 Å². The van der Waals surface area contributed by atoms with Gasteiger partial charge in [0.05, 0.1) is 22.0 Å². The minimum absolute atomic E-state index is 0.111. The minimum Gasteiger partial charge on any atom is -0.370 e. The van der Waals surface area contributed by atoms with Gasteiger partial charge in [0.15, 0.2) is 0 Å². The molecular weight excluding hydrogens is 514 g/mol. The van der Waals surface area contributed by atoms with Gasteiger partial charge in [-0.3, -0.25) is 19.6 Å². The summed E-state index contributed by atoms with van der Waals surface area (Å²) in [4.78, 5) is 36.0. The van der Waals surface area contributed by atoms with Crippen LogP contribution in [0.4, 0.5) is 14.5 Å². The molecule has 2 amide bonds. The van der Waals surface area contributed by atoms with Crippen LogP contribution in [-0.2, 0) is 10.4 Å². The zero-order chi connectivity index (χ0) is 27.0. The third-order valence-corrected chi connectivity index (χ3v) is 7.59. The molecule has 1 unspecified atom stereocenters. The maximum atomic E-state index is 13.6. The van der Waals surface area contributed by atoms with Crippen molar-refractivity contribution in [2.75, 3.05) is 11.4 Å². The van der Waals surface area contributed by atoms with Crippen LogP contribution in [0.5, 0.6) is 0 Å². The fourth-order valence-electron chi connectivity index (χ4n) is 5.36. The number of carbonyl (C=O) groups is 2. The number of carbonyl (C=O) groups excluding carboxylic acids is 2. The average molecular weight is 541 g/mol. The lowest BCUT2D eigenvalue weighted by atomic mass is 9.85. The van der Waals surface area contributed by atoms with Gasteiger partial charge in [-0.05, 0) is 62.3 Å². The van der Waals surface area contributed by atoms with Crippen molar-refractivity contribution in [1.29, 1.82) is 0 Å². The number of rotatable bonds is 6. The topological polar surface area (TPSA) is 95.4 Å². The fourth-order valence-corrected chi connectivity index (χ4v) is 5.52. The van der Waals surface area contributed by atoms with Crippen LogP contribution < -0.4 is 10.2 Å². The van der Waals surface area contributed by atoms with Crippen LogP contribution in [0, 0.1) is 12.8 Å². The van der Waals surface area contributed by atoms with E-state index in [4.69, 9.17) is 11.6 Å². The molecule has 38 heavy (non-hydrogen) atoms. The predicted octanol–water partition coefficient (Wildman–Crippen LogP) is 4.95. The van der Waals surface area contributed by atoms with Crippen molar-refractivity contribution in [1.82, 2.24) is 15.3 Å².